The number of anilines is 1. The second-order valence-corrected chi connectivity index (χ2v) is 3.01. The molecule has 2 rings (SSSR count). The number of ether oxygens (including phenoxy) is 1. The Hall–Kier alpha value is -1.72. The number of hydrogen-bond acceptors (Lipinski definition) is 3. The molecule has 1 aromatic carbocycles. The molecule has 0 unspecified atom stereocenters. The molecule has 1 heterocycles. The molecule has 15 heavy (non-hydrogen) atoms. The van der Waals surface area contributed by atoms with Crippen molar-refractivity contribution in [2.24, 2.45) is 0 Å². The van der Waals surface area contributed by atoms with Gasteiger partial charge in [-0.3, -0.25) is 0 Å². The van der Waals surface area contributed by atoms with E-state index >= 15 is 0 Å². The van der Waals surface area contributed by atoms with Crippen LogP contribution in [0, 0.1) is 0 Å². The lowest BCUT2D eigenvalue weighted by atomic mass is 10.1. The Morgan fingerprint density at radius 1 is 1.33 bits per heavy atom. The number of para-hydroxylation sites is 1. The Labute approximate surface area is 82.8 Å². The van der Waals surface area contributed by atoms with Gasteiger partial charge in [-0.05, 0) is 12.1 Å². The molecule has 0 aliphatic carbocycles. The summed E-state index contributed by atoms with van der Waals surface area (Å²) in [4.78, 5) is 10.9. The van der Waals surface area contributed by atoms with Crippen molar-refractivity contribution < 1.29 is 22.7 Å². The SMILES string of the molecule is O=C1CNc2cccc(C(F)(F)F)c2O1. The highest BCUT2D eigenvalue weighted by Crippen LogP contribution is 2.41. The molecule has 0 fully saturated rings. The molecule has 0 saturated heterocycles. The molecule has 0 bridgehead atoms. The highest BCUT2D eigenvalue weighted by molar-refractivity contribution is 5.84. The minimum Gasteiger partial charge on any atom is -0.422 e. The second kappa shape index (κ2) is 3.15. The summed E-state index contributed by atoms with van der Waals surface area (Å²) in [7, 11) is 0. The minimum absolute atomic E-state index is 0.117. The quantitative estimate of drug-likeness (QED) is 0.533. The first-order valence-corrected chi connectivity index (χ1v) is 4.13. The Morgan fingerprint density at radius 2 is 2.07 bits per heavy atom. The zero-order chi connectivity index (χ0) is 11.1. The normalized spacial score (nSPS) is 15.3. The molecule has 1 aliphatic rings. The monoisotopic (exact) mass is 217 g/mol. The fourth-order valence-corrected chi connectivity index (χ4v) is 1.33. The van der Waals surface area contributed by atoms with Gasteiger partial charge in [-0.15, -0.1) is 0 Å². The molecule has 0 saturated carbocycles. The highest BCUT2D eigenvalue weighted by atomic mass is 19.4. The van der Waals surface area contributed by atoms with E-state index in [4.69, 9.17) is 0 Å². The highest BCUT2D eigenvalue weighted by Gasteiger charge is 2.37. The van der Waals surface area contributed by atoms with Gasteiger partial charge in [0.25, 0.3) is 0 Å². The van der Waals surface area contributed by atoms with E-state index in [0.717, 1.165) is 6.07 Å². The molecular weight excluding hydrogens is 211 g/mol. The summed E-state index contributed by atoms with van der Waals surface area (Å²) >= 11 is 0. The molecule has 0 amide bonds. The number of carbonyl (C=O) groups is 1. The molecule has 0 radical (unpaired) electrons. The van der Waals surface area contributed by atoms with Crippen LogP contribution >= 0.6 is 0 Å². The number of halogens is 3. The van der Waals surface area contributed by atoms with Crippen molar-refractivity contribution in [2.45, 2.75) is 6.18 Å². The Balaban J connectivity index is 2.53. The van der Waals surface area contributed by atoms with Gasteiger partial charge in [-0.25, -0.2) is 4.79 Å². The predicted octanol–water partition coefficient (Wildman–Crippen LogP) is 2.04. The van der Waals surface area contributed by atoms with Crippen LogP contribution in [-0.4, -0.2) is 12.5 Å². The topological polar surface area (TPSA) is 38.3 Å². The molecule has 0 aromatic heterocycles. The maximum atomic E-state index is 12.5. The number of rotatable bonds is 0. The number of alkyl halides is 3. The van der Waals surface area contributed by atoms with Gasteiger partial charge < -0.3 is 10.1 Å². The largest absolute Gasteiger partial charge is 0.422 e. The molecule has 6 heteroatoms. The van der Waals surface area contributed by atoms with Crippen LogP contribution in [0.1, 0.15) is 5.56 Å². The maximum Gasteiger partial charge on any atom is 0.420 e. The molecule has 1 N–H and O–H groups in total. The van der Waals surface area contributed by atoms with Gasteiger partial charge in [0.1, 0.15) is 12.1 Å². The van der Waals surface area contributed by atoms with Crippen molar-refractivity contribution >= 4 is 11.7 Å². The molecule has 80 valence electrons. The fourth-order valence-electron chi connectivity index (χ4n) is 1.33. The van der Waals surface area contributed by atoms with E-state index in [1.54, 1.807) is 0 Å². The number of benzene rings is 1. The first kappa shape index (κ1) is 9.82. The van der Waals surface area contributed by atoms with Crippen LogP contribution in [0.15, 0.2) is 18.2 Å². The number of carbonyl (C=O) groups excluding carboxylic acids is 1. The van der Waals surface area contributed by atoms with Crippen molar-refractivity contribution in [3.63, 3.8) is 0 Å². The molecular formula is C9H6F3NO2. The molecule has 0 spiro atoms. The molecule has 1 aliphatic heterocycles. The number of fused-ring (bicyclic) bond motifs is 1. The van der Waals surface area contributed by atoms with Crippen LogP contribution in [0.25, 0.3) is 0 Å². The van der Waals surface area contributed by atoms with Crippen LogP contribution in [0.2, 0.25) is 0 Å². The van der Waals surface area contributed by atoms with Gasteiger partial charge in [0.15, 0.2) is 5.75 Å². The molecule has 0 atom stereocenters. The van der Waals surface area contributed by atoms with Crippen molar-refractivity contribution in [3.8, 4) is 5.75 Å². The number of esters is 1. The summed E-state index contributed by atoms with van der Waals surface area (Å²) in [5.74, 6) is -1.17. The van der Waals surface area contributed by atoms with E-state index in [1.807, 2.05) is 0 Å². The Morgan fingerprint density at radius 3 is 2.73 bits per heavy atom. The average Bonchev–Trinajstić information content (AvgIpc) is 2.15. The van der Waals surface area contributed by atoms with Crippen LogP contribution in [0.3, 0.4) is 0 Å². The zero-order valence-electron chi connectivity index (χ0n) is 7.39. The van der Waals surface area contributed by atoms with E-state index in [2.05, 4.69) is 10.1 Å². The first-order valence-electron chi connectivity index (χ1n) is 4.13. The lowest BCUT2D eigenvalue weighted by Crippen LogP contribution is -2.26. The third-order valence-corrected chi connectivity index (χ3v) is 1.96. The first-order chi connectivity index (χ1) is 6.98. The Bertz CT molecular complexity index is 414. The maximum absolute atomic E-state index is 12.5. The van der Waals surface area contributed by atoms with Crippen molar-refractivity contribution in [2.75, 3.05) is 11.9 Å². The van der Waals surface area contributed by atoms with Crippen molar-refractivity contribution in [3.05, 3.63) is 23.8 Å². The lowest BCUT2D eigenvalue weighted by Gasteiger charge is -2.20. The summed E-state index contributed by atoms with van der Waals surface area (Å²) in [5.41, 5.74) is -0.759. The zero-order valence-corrected chi connectivity index (χ0v) is 7.39. The standard InChI is InChI=1S/C9H6F3NO2/c10-9(11,12)5-2-1-3-6-8(5)15-7(14)4-13-6/h1-3,13H,4H2. The summed E-state index contributed by atoms with van der Waals surface area (Å²) in [6, 6.07) is 3.56. The predicted molar refractivity (Wildman–Crippen MR) is 45.6 cm³/mol. The van der Waals surface area contributed by atoms with E-state index in [0.29, 0.717) is 0 Å². The third-order valence-electron chi connectivity index (χ3n) is 1.96. The van der Waals surface area contributed by atoms with Gasteiger partial charge in [0.05, 0.1) is 5.69 Å². The van der Waals surface area contributed by atoms with Gasteiger partial charge in [0.2, 0.25) is 0 Å². The van der Waals surface area contributed by atoms with E-state index in [1.165, 1.54) is 12.1 Å². The van der Waals surface area contributed by atoms with Crippen molar-refractivity contribution in [1.82, 2.24) is 0 Å². The summed E-state index contributed by atoms with van der Waals surface area (Å²) in [6.45, 7) is -0.117. The number of hydrogen-bond donors (Lipinski definition) is 1. The average molecular weight is 217 g/mol. The van der Waals surface area contributed by atoms with Gasteiger partial charge in [-0.1, -0.05) is 6.07 Å². The van der Waals surface area contributed by atoms with Gasteiger partial charge in [-0.2, -0.15) is 13.2 Å². The summed E-state index contributed by atoms with van der Waals surface area (Å²) in [5, 5.41) is 2.55. The fraction of sp³-hybridized carbons (Fsp3) is 0.222. The summed E-state index contributed by atoms with van der Waals surface area (Å²) in [6.07, 6.45) is -4.52. The van der Waals surface area contributed by atoms with Crippen LogP contribution < -0.4 is 10.1 Å². The number of nitrogens with one attached hydrogen (secondary N) is 1. The molecule has 1 aromatic rings. The lowest BCUT2D eigenvalue weighted by molar-refractivity contribution is -0.142. The van der Waals surface area contributed by atoms with E-state index < -0.39 is 23.5 Å². The van der Waals surface area contributed by atoms with Crippen LogP contribution in [0.5, 0.6) is 5.75 Å². The van der Waals surface area contributed by atoms with Crippen molar-refractivity contribution in [1.29, 1.82) is 0 Å². The second-order valence-electron chi connectivity index (χ2n) is 3.01. The van der Waals surface area contributed by atoms with Crippen LogP contribution in [0.4, 0.5) is 18.9 Å². The minimum atomic E-state index is -4.52. The van der Waals surface area contributed by atoms with Gasteiger partial charge in [0, 0.05) is 0 Å². The van der Waals surface area contributed by atoms with E-state index in [9.17, 15) is 18.0 Å². The Kier molecular flexibility index (Phi) is 2.06. The summed E-state index contributed by atoms with van der Waals surface area (Å²) < 4.78 is 42.0. The van der Waals surface area contributed by atoms with Gasteiger partial charge >= 0.3 is 12.1 Å². The van der Waals surface area contributed by atoms with Crippen LogP contribution in [-0.2, 0) is 11.0 Å². The van der Waals surface area contributed by atoms with E-state index in [-0.39, 0.29) is 12.2 Å². The smallest absolute Gasteiger partial charge is 0.420 e. The molecule has 3 nitrogen and oxygen atoms in total. The third kappa shape index (κ3) is 1.74.